The third kappa shape index (κ3) is 5.61. The van der Waals surface area contributed by atoms with Crippen molar-refractivity contribution in [3.8, 4) is 5.75 Å². The predicted octanol–water partition coefficient (Wildman–Crippen LogP) is 5.08. The maximum absolute atomic E-state index is 11.6. The van der Waals surface area contributed by atoms with E-state index < -0.39 is 15.8 Å². The van der Waals surface area contributed by atoms with Crippen molar-refractivity contribution < 1.29 is 22.8 Å². The first-order valence-corrected chi connectivity index (χ1v) is 12.8. The van der Waals surface area contributed by atoms with Gasteiger partial charge in [-0.05, 0) is 53.8 Å². The second-order valence-electron chi connectivity index (χ2n) is 8.07. The highest BCUT2D eigenvalue weighted by Gasteiger charge is 2.20. The van der Waals surface area contributed by atoms with Crippen molar-refractivity contribution in [3.05, 3.63) is 95.1 Å². The minimum Gasteiger partial charge on any atom is -0.488 e. The number of carbonyl (C=O) groups excluding carboxylic acids is 1. The number of oxime groups is 1. The van der Waals surface area contributed by atoms with Crippen molar-refractivity contribution in [2.24, 2.45) is 5.16 Å². The molecule has 1 aliphatic carbocycles. The summed E-state index contributed by atoms with van der Waals surface area (Å²) < 4.78 is 28.3. The largest absolute Gasteiger partial charge is 0.488 e. The van der Waals surface area contributed by atoms with Gasteiger partial charge in [-0.2, -0.15) is 0 Å². The Morgan fingerprint density at radius 3 is 2.18 bits per heavy atom. The van der Waals surface area contributed by atoms with Crippen LogP contribution in [0.3, 0.4) is 0 Å². The second kappa shape index (κ2) is 10.1. The zero-order valence-electron chi connectivity index (χ0n) is 19.0. The van der Waals surface area contributed by atoms with Crippen LogP contribution in [-0.2, 0) is 32.5 Å². The Bertz CT molecular complexity index is 1350. The van der Waals surface area contributed by atoms with Crippen LogP contribution in [-0.4, -0.2) is 26.4 Å². The number of allylic oxidation sites excluding steroid dienone is 1. The highest BCUT2D eigenvalue weighted by molar-refractivity contribution is 7.90. The molecule has 0 radical (unpaired) electrons. The van der Waals surface area contributed by atoms with E-state index >= 15 is 0 Å². The molecule has 0 unspecified atom stereocenters. The van der Waals surface area contributed by atoms with Crippen LogP contribution in [0, 0.1) is 0 Å². The molecule has 1 heterocycles. The molecule has 0 saturated carbocycles. The van der Waals surface area contributed by atoms with Gasteiger partial charge in [0.05, 0.1) is 10.6 Å². The van der Waals surface area contributed by atoms with Gasteiger partial charge in [-0.1, -0.05) is 59.8 Å². The van der Waals surface area contributed by atoms with E-state index in [1.165, 1.54) is 24.3 Å². The smallest absolute Gasteiger partial charge is 0.331 e. The summed E-state index contributed by atoms with van der Waals surface area (Å²) >= 11 is 0. The first-order chi connectivity index (χ1) is 16.3. The maximum Gasteiger partial charge on any atom is 0.331 e. The number of sulfone groups is 1. The molecule has 174 valence electrons. The van der Waals surface area contributed by atoms with Crippen molar-refractivity contribution in [3.63, 3.8) is 0 Å². The number of hydrogen-bond donors (Lipinski definition) is 0. The molecule has 3 aromatic rings. The van der Waals surface area contributed by atoms with E-state index in [0.717, 1.165) is 35.5 Å². The first-order valence-electron chi connectivity index (χ1n) is 10.9. The van der Waals surface area contributed by atoms with E-state index in [2.05, 4.69) is 17.3 Å². The van der Waals surface area contributed by atoms with E-state index in [1.807, 2.05) is 42.5 Å². The number of para-hydroxylation sites is 1. The normalized spacial score (nSPS) is 16.3. The Balaban J connectivity index is 0.000000285. The average Bonchev–Trinajstić information content (AvgIpc) is 2.79. The van der Waals surface area contributed by atoms with Gasteiger partial charge in [0.1, 0.15) is 12.4 Å². The van der Waals surface area contributed by atoms with Crippen LogP contribution in [0.1, 0.15) is 35.6 Å². The highest BCUT2D eigenvalue weighted by atomic mass is 32.2. The van der Waals surface area contributed by atoms with Gasteiger partial charge >= 0.3 is 5.97 Å². The van der Waals surface area contributed by atoms with Crippen LogP contribution in [0.25, 0.3) is 11.6 Å². The van der Waals surface area contributed by atoms with Crippen molar-refractivity contribution in [1.29, 1.82) is 0 Å². The maximum atomic E-state index is 11.6. The number of benzene rings is 3. The summed E-state index contributed by atoms with van der Waals surface area (Å²) in [6.07, 6.45) is 4.60. The molecule has 3 aromatic carbocycles. The molecule has 0 spiro atoms. The van der Waals surface area contributed by atoms with Crippen LogP contribution in [0.5, 0.6) is 5.75 Å². The van der Waals surface area contributed by atoms with Gasteiger partial charge in [0.25, 0.3) is 0 Å². The Labute approximate surface area is 199 Å². The van der Waals surface area contributed by atoms with E-state index in [0.29, 0.717) is 12.1 Å². The van der Waals surface area contributed by atoms with E-state index in [-0.39, 0.29) is 4.90 Å². The van der Waals surface area contributed by atoms with Gasteiger partial charge in [-0.15, -0.1) is 0 Å². The molecule has 2 aliphatic rings. The SMILES string of the molecule is CC(=O)ON=C1CCc2ccccc2C1=Cc1ccc(S(C)(=O)=O)cc1.c1ccc2c(c1)CO2. The van der Waals surface area contributed by atoms with Gasteiger partial charge in [0, 0.05) is 24.3 Å². The molecule has 0 aromatic heterocycles. The summed E-state index contributed by atoms with van der Waals surface area (Å²) in [5.41, 5.74) is 5.99. The lowest BCUT2D eigenvalue weighted by Crippen LogP contribution is -2.14. The Hall–Kier alpha value is -3.71. The zero-order valence-corrected chi connectivity index (χ0v) is 19.8. The van der Waals surface area contributed by atoms with Gasteiger partial charge < -0.3 is 9.57 Å². The molecule has 0 atom stereocenters. The van der Waals surface area contributed by atoms with Gasteiger partial charge in [0.2, 0.25) is 0 Å². The summed E-state index contributed by atoms with van der Waals surface area (Å²) in [5, 5.41) is 4.02. The number of carbonyl (C=O) groups is 1. The molecule has 0 amide bonds. The average molecular weight is 476 g/mol. The fourth-order valence-electron chi connectivity index (χ4n) is 3.74. The molecule has 6 nitrogen and oxygen atoms in total. The summed E-state index contributed by atoms with van der Waals surface area (Å²) in [6, 6.07) is 22.8. The predicted molar refractivity (Wildman–Crippen MR) is 132 cm³/mol. The minimum absolute atomic E-state index is 0.275. The van der Waals surface area contributed by atoms with Crippen molar-refractivity contribution >= 4 is 33.2 Å². The third-order valence-corrected chi connectivity index (χ3v) is 6.64. The lowest BCUT2D eigenvalue weighted by atomic mass is 9.85. The molecule has 0 bridgehead atoms. The molecular weight excluding hydrogens is 450 g/mol. The minimum atomic E-state index is -3.23. The summed E-state index contributed by atoms with van der Waals surface area (Å²) in [6.45, 7) is 2.12. The Morgan fingerprint density at radius 2 is 1.62 bits per heavy atom. The van der Waals surface area contributed by atoms with Gasteiger partial charge in [-0.25, -0.2) is 13.2 Å². The molecule has 34 heavy (non-hydrogen) atoms. The molecule has 1 aliphatic heterocycles. The standard InChI is InChI=1S/C20H19NO4S.C7H6O/c1-14(22)25-21-20-12-9-16-5-3-4-6-18(16)19(20)13-15-7-10-17(11-8-15)26(2,23)24;1-2-4-7-6(3-1)5-8-7/h3-8,10-11,13H,9,12H2,1-2H3;1-4H,5H2. The van der Waals surface area contributed by atoms with Crippen molar-refractivity contribution in [1.82, 2.24) is 0 Å². The molecule has 7 heteroatoms. The van der Waals surface area contributed by atoms with Crippen LogP contribution in [0.15, 0.2) is 82.8 Å². The fraction of sp³-hybridized carbons (Fsp3) is 0.185. The Morgan fingerprint density at radius 1 is 0.941 bits per heavy atom. The van der Waals surface area contributed by atoms with Crippen LogP contribution in [0.2, 0.25) is 0 Å². The molecule has 5 rings (SSSR count). The monoisotopic (exact) mass is 475 g/mol. The molecule has 0 fully saturated rings. The lowest BCUT2D eigenvalue weighted by molar-refractivity contribution is -0.140. The van der Waals surface area contributed by atoms with E-state index in [9.17, 15) is 13.2 Å². The Kier molecular flexibility index (Phi) is 6.93. The molecule has 0 saturated heterocycles. The van der Waals surface area contributed by atoms with E-state index in [1.54, 1.807) is 24.3 Å². The quantitative estimate of drug-likeness (QED) is 0.390. The van der Waals surface area contributed by atoms with Crippen LogP contribution >= 0.6 is 0 Å². The number of nitrogens with zero attached hydrogens (tertiary/aromatic N) is 1. The summed E-state index contributed by atoms with van der Waals surface area (Å²) in [5.74, 6) is 0.584. The lowest BCUT2D eigenvalue weighted by Gasteiger charge is -2.20. The number of aryl methyl sites for hydroxylation is 1. The first kappa shape index (κ1) is 23.4. The second-order valence-corrected chi connectivity index (χ2v) is 10.1. The van der Waals surface area contributed by atoms with Gasteiger partial charge in [-0.3, -0.25) is 0 Å². The van der Waals surface area contributed by atoms with Crippen molar-refractivity contribution in [2.75, 3.05) is 6.26 Å². The van der Waals surface area contributed by atoms with Gasteiger partial charge in [0.15, 0.2) is 9.84 Å². The van der Waals surface area contributed by atoms with E-state index in [4.69, 9.17) is 9.57 Å². The number of rotatable bonds is 3. The third-order valence-electron chi connectivity index (χ3n) is 5.51. The zero-order chi connectivity index (χ0) is 24.1. The summed E-state index contributed by atoms with van der Waals surface area (Å²) in [7, 11) is -3.23. The number of fused-ring (bicyclic) bond motifs is 2. The summed E-state index contributed by atoms with van der Waals surface area (Å²) in [4.78, 5) is 16.3. The molecule has 0 N–H and O–H groups in total. The highest BCUT2D eigenvalue weighted by Crippen LogP contribution is 2.31. The topological polar surface area (TPSA) is 82.0 Å². The number of ether oxygens (including phenoxy) is 1. The fourth-order valence-corrected chi connectivity index (χ4v) is 4.37. The van der Waals surface area contributed by atoms with Crippen LogP contribution in [0.4, 0.5) is 0 Å². The molecular formula is C27H25NO5S. The van der Waals surface area contributed by atoms with Crippen LogP contribution < -0.4 is 4.74 Å². The number of hydrogen-bond acceptors (Lipinski definition) is 6. The van der Waals surface area contributed by atoms with Crippen molar-refractivity contribution in [2.45, 2.75) is 31.3 Å².